The summed E-state index contributed by atoms with van der Waals surface area (Å²) in [4.78, 5) is 6.42. The van der Waals surface area contributed by atoms with E-state index in [-0.39, 0.29) is 35.8 Å². The van der Waals surface area contributed by atoms with Crippen molar-refractivity contribution < 1.29 is 4.39 Å². The summed E-state index contributed by atoms with van der Waals surface area (Å²) in [5, 5.41) is 6.60. The van der Waals surface area contributed by atoms with Crippen LogP contribution in [0.4, 0.5) is 4.39 Å². The molecular formula is C20H28FIN4. The molecule has 0 spiro atoms. The van der Waals surface area contributed by atoms with Gasteiger partial charge in [0, 0.05) is 20.1 Å². The summed E-state index contributed by atoms with van der Waals surface area (Å²) in [6.07, 6.45) is 0.614. The number of hydrogen-bond acceptors (Lipinski definition) is 2. The van der Waals surface area contributed by atoms with Crippen LogP contribution in [0.1, 0.15) is 17.2 Å². The Hall–Kier alpha value is -1.67. The molecule has 0 aliphatic rings. The minimum Gasteiger partial charge on any atom is -0.356 e. The Morgan fingerprint density at radius 2 is 1.69 bits per heavy atom. The molecule has 1 atom stereocenters. The van der Waals surface area contributed by atoms with Crippen LogP contribution in [0.5, 0.6) is 0 Å². The van der Waals surface area contributed by atoms with Crippen LogP contribution in [0.25, 0.3) is 0 Å². The lowest BCUT2D eigenvalue weighted by molar-refractivity contribution is 0.298. The average molecular weight is 470 g/mol. The van der Waals surface area contributed by atoms with Crippen molar-refractivity contribution in [2.24, 2.45) is 4.99 Å². The number of likely N-dealkylation sites (N-methyl/N-ethyl adjacent to an activating group) is 1. The molecule has 0 aliphatic heterocycles. The maximum absolute atomic E-state index is 13.6. The summed E-state index contributed by atoms with van der Waals surface area (Å²) >= 11 is 0. The Labute approximate surface area is 172 Å². The van der Waals surface area contributed by atoms with Gasteiger partial charge in [0.2, 0.25) is 0 Å². The molecule has 0 amide bonds. The van der Waals surface area contributed by atoms with E-state index in [1.165, 1.54) is 11.6 Å². The van der Waals surface area contributed by atoms with Crippen LogP contribution >= 0.6 is 24.0 Å². The van der Waals surface area contributed by atoms with Crippen molar-refractivity contribution in [1.82, 2.24) is 15.5 Å². The zero-order valence-electron chi connectivity index (χ0n) is 15.6. The first-order valence-corrected chi connectivity index (χ1v) is 8.51. The molecule has 1 unspecified atom stereocenters. The molecule has 0 fully saturated rings. The van der Waals surface area contributed by atoms with Crippen molar-refractivity contribution in [2.75, 3.05) is 34.2 Å². The van der Waals surface area contributed by atoms with E-state index in [1.807, 2.05) is 30.3 Å². The molecule has 0 bridgehead atoms. The van der Waals surface area contributed by atoms with Gasteiger partial charge in [-0.15, -0.1) is 24.0 Å². The molecule has 0 heterocycles. The maximum atomic E-state index is 13.6. The number of halogens is 2. The van der Waals surface area contributed by atoms with Crippen molar-refractivity contribution in [3.63, 3.8) is 0 Å². The Bertz CT molecular complexity index is 677. The average Bonchev–Trinajstić information content (AvgIpc) is 2.62. The van der Waals surface area contributed by atoms with E-state index < -0.39 is 0 Å². The monoisotopic (exact) mass is 470 g/mol. The molecule has 26 heavy (non-hydrogen) atoms. The fourth-order valence-corrected chi connectivity index (χ4v) is 2.70. The second-order valence-electron chi connectivity index (χ2n) is 6.11. The molecular weight excluding hydrogens is 442 g/mol. The SMILES string of the molecule is CN=C(NCCc1ccccc1F)NCC(c1ccccc1)N(C)C.I. The molecule has 2 aromatic rings. The number of guanidine groups is 1. The number of rotatable bonds is 7. The van der Waals surface area contributed by atoms with Crippen LogP contribution in [-0.4, -0.2) is 45.1 Å². The largest absolute Gasteiger partial charge is 0.356 e. The van der Waals surface area contributed by atoms with E-state index in [9.17, 15) is 4.39 Å². The van der Waals surface area contributed by atoms with Crippen LogP contribution < -0.4 is 10.6 Å². The van der Waals surface area contributed by atoms with E-state index in [1.54, 1.807) is 13.1 Å². The van der Waals surface area contributed by atoms with Crippen LogP contribution in [-0.2, 0) is 6.42 Å². The fourth-order valence-electron chi connectivity index (χ4n) is 2.70. The highest BCUT2D eigenvalue weighted by molar-refractivity contribution is 14.0. The van der Waals surface area contributed by atoms with Crippen LogP contribution in [0, 0.1) is 5.82 Å². The molecule has 6 heteroatoms. The van der Waals surface area contributed by atoms with E-state index in [0.717, 1.165) is 12.5 Å². The second kappa shape index (κ2) is 11.9. The number of nitrogens with zero attached hydrogens (tertiary/aromatic N) is 2. The highest BCUT2D eigenvalue weighted by Gasteiger charge is 2.14. The highest BCUT2D eigenvalue weighted by atomic mass is 127. The standard InChI is InChI=1S/C20H27FN4.HI/c1-22-20(23-14-13-16-9-7-8-12-18(16)21)24-15-19(25(2)3)17-10-5-4-6-11-17;/h4-12,19H,13-15H2,1-3H3,(H2,22,23,24);1H. The first kappa shape index (κ1) is 22.4. The lowest BCUT2D eigenvalue weighted by atomic mass is 10.1. The maximum Gasteiger partial charge on any atom is 0.191 e. The fraction of sp³-hybridized carbons (Fsp3) is 0.350. The molecule has 2 aromatic carbocycles. The van der Waals surface area contributed by atoms with E-state index in [0.29, 0.717) is 18.5 Å². The lowest BCUT2D eigenvalue weighted by Crippen LogP contribution is -2.42. The van der Waals surface area contributed by atoms with Crippen molar-refractivity contribution >= 4 is 29.9 Å². The Kier molecular flexibility index (Phi) is 10.2. The first-order valence-electron chi connectivity index (χ1n) is 8.51. The van der Waals surface area contributed by atoms with Gasteiger partial charge in [-0.1, -0.05) is 48.5 Å². The van der Waals surface area contributed by atoms with Gasteiger partial charge in [0.1, 0.15) is 5.82 Å². The van der Waals surface area contributed by atoms with Crippen molar-refractivity contribution in [1.29, 1.82) is 0 Å². The third kappa shape index (κ3) is 6.92. The molecule has 2 rings (SSSR count). The molecule has 0 aromatic heterocycles. The van der Waals surface area contributed by atoms with Gasteiger partial charge in [0.25, 0.3) is 0 Å². The predicted molar refractivity (Wildman–Crippen MR) is 118 cm³/mol. The number of aliphatic imine (C=N–C) groups is 1. The van der Waals surface area contributed by atoms with Crippen molar-refractivity contribution in [3.8, 4) is 0 Å². The molecule has 4 nitrogen and oxygen atoms in total. The van der Waals surface area contributed by atoms with Gasteiger partial charge in [-0.2, -0.15) is 0 Å². The normalized spacial score (nSPS) is 12.4. The lowest BCUT2D eigenvalue weighted by Gasteiger charge is -2.26. The van der Waals surface area contributed by atoms with E-state index in [2.05, 4.69) is 46.8 Å². The quantitative estimate of drug-likeness (QED) is 0.370. The number of nitrogens with one attached hydrogen (secondary N) is 2. The van der Waals surface area contributed by atoms with Gasteiger partial charge in [0.05, 0.1) is 6.04 Å². The second-order valence-corrected chi connectivity index (χ2v) is 6.11. The molecule has 0 saturated carbocycles. The van der Waals surface area contributed by atoms with Gasteiger partial charge >= 0.3 is 0 Å². The van der Waals surface area contributed by atoms with Gasteiger partial charge in [-0.25, -0.2) is 4.39 Å². The predicted octanol–water partition coefficient (Wildman–Crippen LogP) is 3.45. The van der Waals surface area contributed by atoms with Gasteiger partial charge in [-0.3, -0.25) is 4.99 Å². The topological polar surface area (TPSA) is 39.7 Å². The Morgan fingerprint density at radius 3 is 2.31 bits per heavy atom. The molecule has 2 N–H and O–H groups in total. The Balaban J connectivity index is 0.00000338. The zero-order valence-corrected chi connectivity index (χ0v) is 17.9. The summed E-state index contributed by atoms with van der Waals surface area (Å²) in [7, 11) is 5.87. The number of hydrogen-bond donors (Lipinski definition) is 2. The van der Waals surface area contributed by atoms with E-state index in [4.69, 9.17) is 0 Å². The molecule has 142 valence electrons. The van der Waals surface area contributed by atoms with Gasteiger partial charge in [0.15, 0.2) is 5.96 Å². The minimum absolute atomic E-state index is 0. The summed E-state index contributed by atoms with van der Waals surface area (Å²) < 4.78 is 13.6. The summed E-state index contributed by atoms with van der Waals surface area (Å²) in [6.45, 7) is 1.36. The smallest absolute Gasteiger partial charge is 0.191 e. The zero-order chi connectivity index (χ0) is 18.1. The molecule has 0 radical (unpaired) electrons. The Morgan fingerprint density at radius 1 is 1.04 bits per heavy atom. The number of benzene rings is 2. The van der Waals surface area contributed by atoms with Crippen molar-refractivity contribution in [3.05, 3.63) is 71.5 Å². The summed E-state index contributed by atoms with van der Waals surface area (Å²) in [5.41, 5.74) is 1.96. The van der Waals surface area contributed by atoms with Crippen LogP contribution in [0.3, 0.4) is 0 Å². The van der Waals surface area contributed by atoms with Crippen LogP contribution in [0.2, 0.25) is 0 Å². The van der Waals surface area contributed by atoms with Crippen LogP contribution in [0.15, 0.2) is 59.6 Å². The minimum atomic E-state index is -0.163. The molecule has 0 saturated heterocycles. The van der Waals surface area contributed by atoms with E-state index >= 15 is 0 Å². The van der Waals surface area contributed by atoms with Gasteiger partial charge in [-0.05, 0) is 37.7 Å². The summed E-state index contributed by atoms with van der Waals surface area (Å²) in [5.74, 6) is 0.558. The highest BCUT2D eigenvalue weighted by Crippen LogP contribution is 2.16. The molecule has 0 aliphatic carbocycles. The van der Waals surface area contributed by atoms with Gasteiger partial charge < -0.3 is 15.5 Å². The first-order chi connectivity index (χ1) is 12.1. The third-order valence-electron chi connectivity index (χ3n) is 4.14. The summed E-state index contributed by atoms with van der Waals surface area (Å²) in [6, 6.07) is 17.5. The third-order valence-corrected chi connectivity index (χ3v) is 4.14. The van der Waals surface area contributed by atoms with Crippen molar-refractivity contribution in [2.45, 2.75) is 12.5 Å².